The van der Waals surface area contributed by atoms with Crippen molar-refractivity contribution in [3.8, 4) is 17.6 Å². The summed E-state index contributed by atoms with van der Waals surface area (Å²) >= 11 is 0. The Morgan fingerprint density at radius 1 is 1.17 bits per heavy atom. The molecule has 1 rings (SSSR count). The van der Waals surface area contributed by atoms with Crippen LogP contribution in [0.2, 0.25) is 0 Å². The lowest BCUT2D eigenvalue weighted by atomic mass is 10.1. The minimum atomic E-state index is 0.860. The van der Waals surface area contributed by atoms with Crippen molar-refractivity contribution in [2.45, 2.75) is 39.0 Å². The number of hydrogen-bond acceptors (Lipinski definition) is 1. The second kappa shape index (κ2) is 8.42. The Kier molecular flexibility index (Phi) is 6.72. The highest BCUT2D eigenvalue weighted by atomic mass is 16.5. The average Bonchev–Trinajstić information content (AvgIpc) is 2.42. The van der Waals surface area contributed by atoms with Gasteiger partial charge in [0.25, 0.3) is 0 Å². The van der Waals surface area contributed by atoms with Crippen LogP contribution in [-0.2, 0) is 0 Å². The maximum atomic E-state index is 5.11. The lowest BCUT2D eigenvalue weighted by Gasteiger charge is -1.98. The summed E-state index contributed by atoms with van der Waals surface area (Å²) in [4.78, 5) is 0. The number of allylic oxidation sites excluding steroid dienone is 1. The summed E-state index contributed by atoms with van der Waals surface area (Å²) < 4.78 is 5.11. The topological polar surface area (TPSA) is 9.23 Å². The van der Waals surface area contributed by atoms with Crippen molar-refractivity contribution >= 4 is 0 Å². The zero-order valence-electron chi connectivity index (χ0n) is 11.5. The summed E-state index contributed by atoms with van der Waals surface area (Å²) in [5, 5.41) is 0. The molecule has 0 bridgehead atoms. The van der Waals surface area contributed by atoms with Gasteiger partial charge in [-0.15, -0.1) is 0 Å². The summed E-state index contributed by atoms with van der Waals surface area (Å²) in [6.45, 7) is 6.22. The van der Waals surface area contributed by atoms with Crippen molar-refractivity contribution in [1.29, 1.82) is 0 Å². The van der Waals surface area contributed by atoms with Gasteiger partial charge in [0.2, 0.25) is 0 Å². The fraction of sp³-hybridized carbons (Fsp3) is 0.412. The van der Waals surface area contributed by atoms with Crippen LogP contribution in [0.1, 0.15) is 44.6 Å². The second-order valence-electron chi connectivity index (χ2n) is 4.39. The highest BCUT2D eigenvalue weighted by Crippen LogP contribution is 2.11. The first-order valence-electron chi connectivity index (χ1n) is 6.60. The Morgan fingerprint density at radius 2 is 1.89 bits per heavy atom. The Labute approximate surface area is 111 Å². The molecule has 0 atom stereocenters. The Bertz CT molecular complexity index is 417. The third kappa shape index (κ3) is 5.59. The van der Waals surface area contributed by atoms with E-state index in [0.29, 0.717) is 0 Å². The summed E-state index contributed by atoms with van der Waals surface area (Å²) in [5.74, 6) is 7.12. The first-order chi connectivity index (χ1) is 8.76. The molecule has 1 nitrogen and oxygen atoms in total. The number of methoxy groups -OCH3 is 1. The Balaban J connectivity index is 2.41. The molecule has 0 radical (unpaired) electrons. The second-order valence-corrected chi connectivity index (χ2v) is 4.39. The standard InChI is InChI=1S/C17H22O/c1-4-5-6-7-8-15(2)9-10-16-11-13-17(18-3)14-12-16/h11-14H,2,4-8H2,1,3H3. The van der Waals surface area contributed by atoms with E-state index in [1.807, 2.05) is 24.3 Å². The van der Waals surface area contributed by atoms with Crippen LogP contribution in [0.5, 0.6) is 5.75 Å². The lowest BCUT2D eigenvalue weighted by Crippen LogP contribution is -1.83. The van der Waals surface area contributed by atoms with Crippen molar-refractivity contribution in [2.75, 3.05) is 7.11 Å². The van der Waals surface area contributed by atoms with Crippen molar-refractivity contribution in [2.24, 2.45) is 0 Å². The molecule has 0 aliphatic heterocycles. The van der Waals surface area contributed by atoms with Gasteiger partial charge in [0.1, 0.15) is 5.75 Å². The summed E-state index contributed by atoms with van der Waals surface area (Å²) in [7, 11) is 1.67. The summed E-state index contributed by atoms with van der Waals surface area (Å²) in [6, 6.07) is 7.79. The molecule has 0 fully saturated rings. The Morgan fingerprint density at radius 3 is 2.50 bits per heavy atom. The van der Waals surface area contributed by atoms with Crippen LogP contribution in [0.15, 0.2) is 36.4 Å². The number of benzene rings is 1. The quantitative estimate of drug-likeness (QED) is 0.524. The number of ether oxygens (including phenoxy) is 1. The molecule has 1 heteroatoms. The van der Waals surface area contributed by atoms with Gasteiger partial charge in [-0.1, -0.05) is 44.6 Å². The van der Waals surface area contributed by atoms with Gasteiger partial charge in [-0.05, 0) is 42.7 Å². The van der Waals surface area contributed by atoms with Gasteiger partial charge < -0.3 is 4.74 Å². The molecule has 0 saturated heterocycles. The molecule has 18 heavy (non-hydrogen) atoms. The van der Waals surface area contributed by atoms with E-state index in [1.165, 1.54) is 25.7 Å². The van der Waals surface area contributed by atoms with Gasteiger partial charge in [-0.25, -0.2) is 0 Å². The van der Waals surface area contributed by atoms with E-state index in [1.54, 1.807) is 7.11 Å². The number of unbranched alkanes of at least 4 members (excludes halogenated alkanes) is 3. The number of hydrogen-bond donors (Lipinski definition) is 0. The lowest BCUT2D eigenvalue weighted by molar-refractivity contribution is 0.415. The van der Waals surface area contributed by atoms with E-state index in [0.717, 1.165) is 23.3 Å². The van der Waals surface area contributed by atoms with E-state index in [4.69, 9.17) is 4.74 Å². The van der Waals surface area contributed by atoms with Gasteiger partial charge in [-0.3, -0.25) is 0 Å². The molecular formula is C17H22O. The number of rotatable bonds is 6. The van der Waals surface area contributed by atoms with E-state index >= 15 is 0 Å². The van der Waals surface area contributed by atoms with Gasteiger partial charge in [-0.2, -0.15) is 0 Å². The van der Waals surface area contributed by atoms with Gasteiger partial charge in [0.05, 0.1) is 7.11 Å². The van der Waals surface area contributed by atoms with E-state index < -0.39 is 0 Å². The first-order valence-corrected chi connectivity index (χ1v) is 6.60. The molecule has 0 saturated carbocycles. The third-order valence-corrected chi connectivity index (χ3v) is 2.81. The molecule has 0 amide bonds. The molecule has 0 aromatic heterocycles. The largest absolute Gasteiger partial charge is 0.497 e. The normalized spacial score (nSPS) is 9.44. The van der Waals surface area contributed by atoms with Gasteiger partial charge in [0, 0.05) is 5.56 Å². The molecule has 96 valence electrons. The van der Waals surface area contributed by atoms with Crippen molar-refractivity contribution in [1.82, 2.24) is 0 Å². The maximum absolute atomic E-state index is 5.11. The van der Waals surface area contributed by atoms with E-state index in [9.17, 15) is 0 Å². The molecule has 1 aromatic rings. The molecule has 1 aromatic carbocycles. The summed E-state index contributed by atoms with van der Waals surface area (Å²) in [5.41, 5.74) is 2.03. The van der Waals surface area contributed by atoms with Crippen LogP contribution in [0, 0.1) is 11.8 Å². The Hall–Kier alpha value is -1.68. The van der Waals surface area contributed by atoms with E-state index in [2.05, 4.69) is 25.3 Å². The van der Waals surface area contributed by atoms with Gasteiger partial charge >= 0.3 is 0 Å². The SMILES string of the molecule is C=C(C#Cc1ccc(OC)cc1)CCCCCC. The smallest absolute Gasteiger partial charge is 0.118 e. The molecular weight excluding hydrogens is 220 g/mol. The predicted molar refractivity (Wildman–Crippen MR) is 77.8 cm³/mol. The molecule has 0 unspecified atom stereocenters. The molecule has 0 aliphatic carbocycles. The first kappa shape index (κ1) is 14.4. The minimum absolute atomic E-state index is 0.860. The predicted octanol–water partition coefficient (Wildman–Crippen LogP) is 4.57. The highest BCUT2D eigenvalue weighted by molar-refractivity contribution is 5.42. The fourth-order valence-electron chi connectivity index (χ4n) is 1.66. The van der Waals surface area contributed by atoms with Gasteiger partial charge in [0.15, 0.2) is 0 Å². The van der Waals surface area contributed by atoms with Crippen molar-refractivity contribution in [3.05, 3.63) is 42.0 Å². The van der Waals surface area contributed by atoms with Crippen LogP contribution >= 0.6 is 0 Å². The average molecular weight is 242 g/mol. The molecule has 0 heterocycles. The summed E-state index contributed by atoms with van der Waals surface area (Å²) in [6.07, 6.45) is 6.07. The van der Waals surface area contributed by atoms with Crippen LogP contribution in [0.3, 0.4) is 0 Å². The molecule has 0 aliphatic rings. The van der Waals surface area contributed by atoms with Crippen LogP contribution in [0.25, 0.3) is 0 Å². The maximum Gasteiger partial charge on any atom is 0.118 e. The van der Waals surface area contributed by atoms with Crippen molar-refractivity contribution in [3.63, 3.8) is 0 Å². The van der Waals surface area contributed by atoms with E-state index in [-0.39, 0.29) is 0 Å². The zero-order chi connectivity index (χ0) is 13.2. The van der Waals surface area contributed by atoms with Crippen LogP contribution in [0.4, 0.5) is 0 Å². The van der Waals surface area contributed by atoms with Crippen LogP contribution in [-0.4, -0.2) is 7.11 Å². The zero-order valence-corrected chi connectivity index (χ0v) is 11.5. The molecule has 0 spiro atoms. The fourth-order valence-corrected chi connectivity index (χ4v) is 1.66. The monoisotopic (exact) mass is 242 g/mol. The molecule has 0 N–H and O–H groups in total. The third-order valence-electron chi connectivity index (χ3n) is 2.81. The van der Waals surface area contributed by atoms with Crippen LogP contribution < -0.4 is 4.74 Å². The van der Waals surface area contributed by atoms with Crippen molar-refractivity contribution < 1.29 is 4.74 Å². The minimum Gasteiger partial charge on any atom is -0.497 e. The highest BCUT2D eigenvalue weighted by Gasteiger charge is 1.92.